The molecule has 0 unspecified atom stereocenters. The van der Waals surface area contributed by atoms with Gasteiger partial charge in [0.1, 0.15) is 0 Å². The van der Waals surface area contributed by atoms with Gasteiger partial charge in [-0.25, -0.2) is 16.8 Å². The average Bonchev–Trinajstić information content (AvgIpc) is 1.92. The Kier molecular flexibility index (Phi) is 13.9. The zero-order valence-corrected chi connectivity index (χ0v) is 15.2. The summed E-state index contributed by atoms with van der Waals surface area (Å²) >= 11 is 0. The van der Waals surface area contributed by atoms with Crippen LogP contribution in [0.2, 0.25) is 0 Å². The Morgan fingerprint density at radius 3 is 1.56 bits per heavy atom. The van der Waals surface area contributed by atoms with Crippen LogP contribution in [0.3, 0.4) is 0 Å². The van der Waals surface area contributed by atoms with Crippen LogP contribution in [0.1, 0.15) is 26.2 Å². The van der Waals surface area contributed by atoms with Gasteiger partial charge in [-0.05, 0) is 6.42 Å². The molecule has 0 aromatic carbocycles. The van der Waals surface area contributed by atoms with Crippen LogP contribution in [0.5, 0.6) is 0 Å². The standard InChI is InChI=1S/C5H13NO6S2.2Na/c1-2-3-4-5-6(13(7,8)9)14(10,11)12;;/h2-5H2,1H3,(H,7,8,9)(H,10,11,12);;/q;2*+1/p-2. The Hall–Kier alpha value is 1.78. The van der Waals surface area contributed by atoms with Gasteiger partial charge in [-0.15, -0.1) is 3.71 Å². The van der Waals surface area contributed by atoms with Gasteiger partial charge in [-0.2, -0.15) is 0 Å². The zero-order chi connectivity index (χ0) is 11.4. The van der Waals surface area contributed by atoms with Crippen LogP contribution in [-0.2, 0) is 20.6 Å². The molecule has 86 valence electrons. The average molecular weight is 291 g/mol. The molecule has 0 saturated carbocycles. The van der Waals surface area contributed by atoms with E-state index < -0.39 is 30.9 Å². The maximum absolute atomic E-state index is 10.4. The van der Waals surface area contributed by atoms with Crippen molar-refractivity contribution in [1.29, 1.82) is 0 Å². The van der Waals surface area contributed by atoms with Crippen LogP contribution >= 0.6 is 0 Å². The molecule has 0 aliphatic rings. The Morgan fingerprint density at radius 1 is 0.938 bits per heavy atom. The summed E-state index contributed by atoms with van der Waals surface area (Å²) < 4.78 is 61.6. The molecular formula is C5H11NNa2O6S2. The van der Waals surface area contributed by atoms with Crippen LogP contribution in [0.4, 0.5) is 0 Å². The second kappa shape index (κ2) is 9.68. The van der Waals surface area contributed by atoms with Gasteiger partial charge in [0.05, 0.1) is 0 Å². The summed E-state index contributed by atoms with van der Waals surface area (Å²) in [5, 5.41) is 0. The normalized spacial score (nSPS) is 11.8. The fourth-order valence-corrected chi connectivity index (χ4v) is 2.43. The fraction of sp³-hybridized carbons (Fsp3) is 1.00. The third-order valence-corrected chi connectivity index (χ3v) is 3.90. The van der Waals surface area contributed by atoms with Crippen LogP contribution in [-0.4, -0.2) is 36.2 Å². The topological polar surface area (TPSA) is 118 Å². The van der Waals surface area contributed by atoms with Gasteiger partial charge < -0.3 is 9.11 Å². The van der Waals surface area contributed by atoms with E-state index in [1.54, 1.807) is 0 Å². The van der Waals surface area contributed by atoms with Gasteiger partial charge in [0.25, 0.3) is 0 Å². The van der Waals surface area contributed by atoms with Gasteiger partial charge in [0.2, 0.25) is 0 Å². The molecule has 11 heteroatoms. The number of unbranched alkanes of at least 4 members (excludes halogenated alkanes) is 2. The number of hydrogen-bond donors (Lipinski definition) is 0. The van der Waals surface area contributed by atoms with Gasteiger partial charge in [-0.3, -0.25) is 0 Å². The van der Waals surface area contributed by atoms with Crippen molar-refractivity contribution in [1.82, 2.24) is 3.71 Å². The minimum absolute atomic E-state index is 0. The second-order valence-corrected chi connectivity index (χ2v) is 5.44. The predicted molar refractivity (Wildman–Crippen MR) is 45.6 cm³/mol. The second-order valence-electron chi connectivity index (χ2n) is 2.62. The molecule has 0 saturated heterocycles. The van der Waals surface area contributed by atoms with Gasteiger partial charge >= 0.3 is 59.1 Å². The molecule has 0 aromatic rings. The molecule has 16 heavy (non-hydrogen) atoms. The third-order valence-electron chi connectivity index (χ3n) is 1.44. The van der Waals surface area contributed by atoms with E-state index in [1.165, 1.54) is 0 Å². The van der Waals surface area contributed by atoms with Crippen LogP contribution in [0, 0.1) is 0 Å². The molecule has 0 spiro atoms. The van der Waals surface area contributed by atoms with Crippen molar-refractivity contribution in [2.45, 2.75) is 26.2 Å². The van der Waals surface area contributed by atoms with E-state index in [2.05, 4.69) is 0 Å². The van der Waals surface area contributed by atoms with E-state index in [-0.39, 0.29) is 65.5 Å². The molecule has 0 bridgehead atoms. The Balaban J connectivity index is -0.000000845. The fourth-order valence-electron chi connectivity index (χ4n) is 0.826. The molecule has 0 heterocycles. The molecule has 0 aliphatic carbocycles. The summed E-state index contributed by atoms with van der Waals surface area (Å²) in [5.74, 6) is 0. The van der Waals surface area contributed by atoms with E-state index in [1.807, 2.05) is 6.92 Å². The summed E-state index contributed by atoms with van der Waals surface area (Å²) in [6, 6.07) is 0. The van der Waals surface area contributed by atoms with Crippen LogP contribution in [0.15, 0.2) is 0 Å². The Morgan fingerprint density at radius 2 is 1.31 bits per heavy atom. The quantitative estimate of drug-likeness (QED) is 0.273. The van der Waals surface area contributed by atoms with E-state index in [4.69, 9.17) is 0 Å². The summed E-state index contributed by atoms with van der Waals surface area (Å²) in [5.41, 5.74) is 0. The van der Waals surface area contributed by atoms with E-state index in [0.717, 1.165) is 0 Å². The van der Waals surface area contributed by atoms with Crippen molar-refractivity contribution in [2.75, 3.05) is 6.54 Å². The SMILES string of the molecule is CCCCCN(S(=O)(=O)[O-])S(=O)(=O)[O-].[Na+].[Na+]. The molecule has 0 amide bonds. The third kappa shape index (κ3) is 9.77. The van der Waals surface area contributed by atoms with E-state index in [9.17, 15) is 25.9 Å². The van der Waals surface area contributed by atoms with Crippen molar-refractivity contribution in [2.24, 2.45) is 0 Å². The van der Waals surface area contributed by atoms with E-state index in [0.29, 0.717) is 12.8 Å². The maximum Gasteiger partial charge on any atom is 1.00 e. The number of nitrogens with zero attached hydrogens (tertiary/aromatic N) is 1. The summed E-state index contributed by atoms with van der Waals surface area (Å²) in [6.45, 7) is 1.23. The first-order valence-electron chi connectivity index (χ1n) is 3.89. The summed E-state index contributed by atoms with van der Waals surface area (Å²) in [6.07, 6.45) is 1.42. The molecule has 0 aromatic heterocycles. The largest absolute Gasteiger partial charge is 1.00 e. The Labute approximate surface area is 140 Å². The number of hydrogen-bond acceptors (Lipinski definition) is 6. The van der Waals surface area contributed by atoms with Crippen molar-refractivity contribution < 1.29 is 85.1 Å². The van der Waals surface area contributed by atoms with Gasteiger partial charge in [-0.1, -0.05) is 19.8 Å². The Bertz CT molecular complexity index is 334. The molecular weight excluding hydrogens is 280 g/mol. The predicted octanol–water partition coefficient (Wildman–Crippen LogP) is -6.59. The minimum atomic E-state index is -5.22. The summed E-state index contributed by atoms with van der Waals surface area (Å²) in [4.78, 5) is 0. The van der Waals surface area contributed by atoms with Crippen molar-refractivity contribution in [3.05, 3.63) is 0 Å². The number of rotatable bonds is 6. The first-order chi connectivity index (χ1) is 6.19. The molecule has 0 N–H and O–H groups in total. The zero-order valence-electron chi connectivity index (χ0n) is 9.54. The smallest absolute Gasteiger partial charge is 0.735 e. The molecule has 0 radical (unpaired) electrons. The van der Waals surface area contributed by atoms with Crippen molar-refractivity contribution in [3.8, 4) is 0 Å². The first kappa shape index (κ1) is 22.9. The monoisotopic (exact) mass is 291 g/mol. The van der Waals surface area contributed by atoms with Gasteiger partial charge in [0, 0.05) is 6.54 Å². The molecule has 0 fully saturated rings. The maximum atomic E-state index is 10.4. The summed E-state index contributed by atoms with van der Waals surface area (Å²) in [7, 11) is -10.4. The molecule has 0 aliphatic heterocycles. The molecule has 0 rings (SSSR count). The molecule has 7 nitrogen and oxygen atoms in total. The van der Waals surface area contributed by atoms with Crippen molar-refractivity contribution >= 4 is 20.6 Å². The van der Waals surface area contributed by atoms with Crippen LogP contribution < -0.4 is 59.1 Å². The van der Waals surface area contributed by atoms with Crippen molar-refractivity contribution in [3.63, 3.8) is 0 Å². The minimum Gasteiger partial charge on any atom is -0.735 e. The first-order valence-corrected chi connectivity index (χ1v) is 6.62. The van der Waals surface area contributed by atoms with E-state index >= 15 is 0 Å². The van der Waals surface area contributed by atoms with Crippen LogP contribution in [0.25, 0.3) is 0 Å². The molecule has 0 atom stereocenters. The van der Waals surface area contributed by atoms with Gasteiger partial charge in [0.15, 0.2) is 20.6 Å².